The van der Waals surface area contributed by atoms with E-state index < -0.39 is 5.92 Å². The fraction of sp³-hybridized carbons (Fsp3) is 0.222. The highest BCUT2D eigenvalue weighted by Gasteiger charge is 2.27. The highest BCUT2D eigenvalue weighted by Crippen LogP contribution is 2.32. The third kappa shape index (κ3) is 3.34. The number of ether oxygens (including phenoxy) is 3. The van der Waals surface area contributed by atoms with Crippen LogP contribution in [-0.4, -0.2) is 33.4 Å². The quantitative estimate of drug-likeness (QED) is 0.447. The van der Waals surface area contributed by atoms with Gasteiger partial charge in [-0.3, -0.25) is 4.79 Å². The van der Waals surface area contributed by atoms with Crippen molar-refractivity contribution in [2.24, 2.45) is 0 Å². The second-order valence-corrected chi connectivity index (χ2v) is 4.79. The first-order chi connectivity index (χ1) is 11.2. The van der Waals surface area contributed by atoms with Gasteiger partial charge in [-0.25, -0.2) is 0 Å². The van der Waals surface area contributed by atoms with Gasteiger partial charge in [0, 0.05) is 11.6 Å². The topological polar surface area (TPSA) is 61.8 Å². The molecule has 5 nitrogen and oxygen atoms in total. The second-order valence-electron chi connectivity index (χ2n) is 4.79. The first-order valence-corrected chi connectivity index (χ1v) is 7.00. The summed E-state index contributed by atoms with van der Waals surface area (Å²) in [6, 6.07) is 11.8. The molecule has 0 radical (unpaired) electrons. The summed E-state index contributed by atoms with van der Waals surface area (Å²) in [6.45, 7) is 0. The molecule has 0 bridgehead atoms. The van der Waals surface area contributed by atoms with E-state index in [4.69, 9.17) is 14.2 Å². The van der Waals surface area contributed by atoms with Gasteiger partial charge in [-0.2, -0.15) is 0 Å². The molecule has 0 aliphatic carbocycles. The number of rotatable bonds is 7. The number of ketones is 1. The molecule has 120 valence electrons. The second kappa shape index (κ2) is 7.45. The number of Topliss-reactive ketones (excluding diaryl/α,β-unsaturated/α-hetero) is 1. The number of aldehydes is 1. The van der Waals surface area contributed by atoms with E-state index in [1.54, 1.807) is 42.5 Å². The predicted molar refractivity (Wildman–Crippen MR) is 85.7 cm³/mol. The van der Waals surface area contributed by atoms with Crippen LogP contribution < -0.4 is 14.2 Å². The molecule has 0 heterocycles. The van der Waals surface area contributed by atoms with E-state index in [-0.39, 0.29) is 5.78 Å². The van der Waals surface area contributed by atoms with Gasteiger partial charge in [-0.15, -0.1) is 0 Å². The Morgan fingerprint density at radius 2 is 1.65 bits per heavy atom. The molecule has 2 rings (SSSR count). The third-order valence-electron chi connectivity index (χ3n) is 3.57. The minimum atomic E-state index is -0.964. The molecule has 23 heavy (non-hydrogen) atoms. The van der Waals surface area contributed by atoms with Crippen LogP contribution >= 0.6 is 0 Å². The normalized spacial score (nSPS) is 11.4. The maximum atomic E-state index is 12.8. The van der Waals surface area contributed by atoms with Gasteiger partial charge in [0.25, 0.3) is 0 Å². The van der Waals surface area contributed by atoms with Gasteiger partial charge in [-0.05, 0) is 18.2 Å². The number of carbonyl (C=O) groups is 2. The van der Waals surface area contributed by atoms with Crippen LogP contribution in [-0.2, 0) is 4.79 Å². The lowest BCUT2D eigenvalue weighted by Gasteiger charge is -2.16. The Balaban J connectivity index is 2.47. The molecule has 0 amide bonds. The predicted octanol–water partition coefficient (Wildman–Crippen LogP) is 2.88. The molecule has 0 aliphatic rings. The molecule has 0 aromatic heterocycles. The fourth-order valence-corrected chi connectivity index (χ4v) is 2.37. The summed E-state index contributed by atoms with van der Waals surface area (Å²) in [4.78, 5) is 24.4. The van der Waals surface area contributed by atoms with Gasteiger partial charge in [0.05, 0.1) is 26.9 Å². The number of hydrogen-bond donors (Lipinski definition) is 0. The van der Waals surface area contributed by atoms with Gasteiger partial charge in [-0.1, -0.05) is 18.2 Å². The van der Waals surface area contributed by atoms with E-state index in [2.05, 4.69) is 0 Å². The molecule has 2 aromatic rings. The highest BCUT2D eigenvalue weighted by atomic mass is 16.5. The minimum Gasteiger partial charge on any atom is -0.497 e. The zero-order valence-corrected chi connectivity index (χ0v) is 13.2. The summed E-state index contributed by atoms with van der Waals surface area (Å²) in [7, 11) is 4.49. The van der Waals surface area contributed by atoms with Gasteiger partial charge < -0.3 is 19.0 Å². The van der Waals surface area contributed by atoms with Crippen molar-refractivity contribution in [1.82, 2.24) is 0 Å². The standard InChI is InChI=1S/C18H18O5/c1-21-12-8-9-14(17(10-12)23-3)18(20)15(11-19)13-6-4-5-7-16(13)22-2/h4-11,15H,1-3H3. The Morgan fingerprint density at radius 1 is 0.957 bits per heavy atom. The largest absolute Gasteiger partial charge is 0.497 e. The van der Waals surface area contributed by atoms with Gasteiger partial charge in [0.2, 0.25) is 0 Å². The van der Waals surface area contributed by atoms with Crippen LogP contribution in [0.15, 0.2) is 42.5 Å². The maximum Gasteiger partial charge on any atom is 0.181 e. The molecule has 0 fully saturated rings. The molecule has 1 unspecified atom stereocenters. The van der Waals surface area contributed by atoms with Crippen LogP contribution in [0, 0.1) is 0 Å². The molecule has 2 aromatic carbocycles. The number of methoxy groups -OCH3 is 3. The summed E-state index contributed by atoms with van der Waals surface area (Å²) < 4.78 is 15.6. The van der Waals surface area contributed by atoms with Crippen molar-refractivity contribution in [3.8, 4) is 17.2 Å². The van der Waals surface area contributed by atoms with Crippen molar-refractivity contribution in [3.05, 3.63) is 53.6 Å². The summed E-state index contributed by atoms with van der Waals surface area (Å²) in [5, 5.41) is 0. The molecule has 0 aliphatic heterocycles. The molecule has 0 saturated carbocycles. The van der Waals surface area contributed by atoms with Crippen LogP contribution in [0.1, 0.15) is 21.8 Å². The van der Waals surface area contributed by atoms with Crippen molar-refractivity contribution in [1.29, 1.82) is 0 Å². The molecule has 5 heteroatoms. The minimum absolute atomic E-state index is 0.316. The number of benzene rings is 2. The van der Waals surface area contributed by atoms with Gasteiger partial charge >= 0.3 is 0 Å². The Labute approximate surface area is 134 Å². The smallest absolute Gasteiger partial charge is 0.181 e. The number of carbonyl (C=O) groups excluding carboxylic acids is 2. The molecule has 0 saturated heterocycles. The van der Waals surface area contributed by atoms with E-state index >= 15 is 0 Å². The molecule has 0 N–H and O–H groups in total. The van der Waals surface area contributed by atoms with Crippen molar-refractivity contribution in [3.63, 3.8) is 0 Å². The summed E-state index contributed by atoms with van der Waals surface area (Å²) >= 11 is 0. The van der Waals surface area contributed by atoms with Crippen molar-refractivity contribution in [2.75, 3.05) is 21.3 Å². The van der Waals surface area contributed by atoms with Gasteiger partial charge in [0.1, 0.15) is 29.5 Å². The van der Waals surface area contributed by atoms with E-state index in [0.29, 0.717) is 34.7 Å². The monoisotopic (exact) mass is 314 g/mol. The average Bonchev–Trinajstić information content (AvgIpc) is 2.61. The van der Waals surface area contributed by atoms with Crippen LogP contribution in [0.3, 0.4) is 0 Å². The van der Waals surface area contributed by atoms with Crippen LogP contribution in [0.25, 0.3) is 0 Å². The summed E-state index contributed by atoms with van der Waals surface area (Å²) in [5.74, 6) is 0.0947. The summed E-state index contributed by atoms with van der Waals surface area (Å²) in [6.07, 6.45) is 0.615. The molecule has 1 atom stereocenters. The van der Waals surface area contributed by atoms with Crippen LogP contribution in [0.2, 0.25) is 0 Å². The highest BCUT2D eigenvalue weighted by molar-refractivity contribution is 6.11. The lowest BCUT2D eigenvalue weighted by atomic mass is 9.90. The first kappa shape index (κ1) is 16.5. The number of para-hydroxylation sites is 1. The van der Waals surface area contributed by atoms with Crippen molar-refractivity contribution >= 4 is 12.1 Å². The van der Waals surface area contributed by atoms with E-state index in [0.717, 1.165) is 0 Å². The van der Waals surface area contributed by atoms with Gasteiger partial charge in [0.15, 0.2) is 5.78 Å². The third-order valence-corrected chi connectivity index (χ3v) is 3.57. The van der Waals surface area contributed by atoms with Crippen LogP contribution in [0.4, 0.5) is 0 Å². The lowest BCUT2D eigenvalue weighted by molar-refractivity contribution is -0.108. The zero-order chi connectivity index (χ0) is 16.8. The molecular formula is C18H18O5. The Bertz CT molecular complexity index is 708. The van der Waals surface area contributed by atoms with E-state index in [1.807, 2.05) is 0 Å². The Morgan fingerprint density at radius 3 is 2.26 bits per heavy atom. The lowest BCUT2D eigenvalue weighted by Crippen LogP contribution is -2.16. The Kier molecular flexibility index (Phi) is 5.36. The molecular weight excluding hydrogens is 296 g/mol. The van der Waals surface area contributed by atoms with Crippen molar-refractivity contribution in [2.45, 2.75) is 5.92 Å². The van der Waals surface area contributed by atoms with Crippen LogP contribution in [0.5, 0.6) is 17.2 Å². The first-order valence-electron chi connectivity index (χ1n) is 7.00. The van der Waals surface area contributed by atoms with E-state index in [1.165, 1.54) is 21.3 Å². The maximum absolute atomic E-state index is 12.8. The zero-order valence-electron chi connectivity index (χ0n) is 13.2. The number of hydrogen-bond acceptors (Lipinski definition) is 5. The SMILES string of the molecule is COc1ccc(C(=O)C(C=O)c2ccccc2OC)c(OC)c1. The van der Waals surface area contributed by atoms with Crippen molar-refractivity contribution < 1.29 is 23.8 Å². The Hall–Kier alpha value is -2.82. The van der Waals surface area contributed by atoms with E-state index in [9.17, 15) is 9.59 Å². The fourth-order valence-electron chi connectivity index (χ4n) is 2.37. The summed E-state index contributed by atoms with van der Waals surface area (Å²) in [5.41, 5.74) is 0.837. The molecule has 0 spiro atoms. The average molecular weight is 314 g/mol.